The lowest BCUT2D eigenvalue weighted by Gasteiger charge is -2.40. The van der Waals surface area contributed by atoms with E-state index >= 15 is 0 Å². The maximum Gasteiger partial charge on any atom is 0.573 e. The Bertz CT molecular complexity index is 496. The quantitative estimate of drug-likeness (QED) is 0.858. The topological polar surface area (TPSA) is 35.1 Å². The average molecular weight is 288 g/mol. The first-order valence-electron chi connectivity index (χ1n) is 6.86. The maximum atomic E-state index is 12.4. The van der Waals surface area contributed by atoms with Crippen molar-refractivity contribution in [3.63, 3.8) is 0 Å². The second kappa shape index (κ2) is 4.84. The minimum Gasteiger partial charge on any atom is -0.486 e. The molecule has 3 rings (SSSR count). The molecule has 0 aliphatic carbocycles. The summed E-state index contributed by atoms with van der Waals surface area (Å²) in [7, 11) is 0. The Morgan fingerprint density at radius 2 is 1.90 bits per heavy atom. The van der Waals surface area contributed by atoms with E-state index in [4.69, 9.17) is 4.74 Å². The van der Waals surface area contributed by atoms with Crippen molar-refractivity contribution in [1.82, 2.24) is 0 Å². The summed E-state index contributed by atoms with van der Waals surface area (Å²) in [5.74, 6) is 0.409. The van der Waals surface area contributed by atoms with Crippen molar-refractivity contribution in [3.8, 4) is 11.5 Å². The van der Waals surface area contributed by atoms with Crippen LogP contribution in [0.5, 0.6) is 11.5 Å². The maximum absolute atomic E-state index is 12.4. The van der Waals surface area contributed by atoms with Crippen LogP contribution in [-0.2, 0) is 6.42 Å². The van der Waals surface area contributed by atoms with Gasteiger partial charge in [0.05, 0.1) is 13.1 Å². The molecule has 110 valence electrons. The fourth-order valence-electron chi connectivity index (χ4n) is 3.10. The molecule has 0 unspecified atom stereocenters. The van der Waals surface area contributed by atoms with Crippen LogP contribution < -0.4 is 14.8 Å². The van der Waals surface area contributed by atoms with E-state index in [1.54, 1.807) is 12.1 Å². The van der Waals surface area contributed by atoms with Crippen LogP contribution in [0.25, 0.3) is 0 Å². The monoisotopic (exact) mass is 288 g/mol. The molecule has 0 aromatic heterocycles. The first-order valence-corrected chi connectivity index (χ1v) is 6.86. The summed E-state index contributed by atoms with van der Waals surface area (Å²) in [6, 6.07) is 4.63. The van der Waals surface area contributed by atoms with Crippen molar-refractivity contribution < 1.29 is 28.0 Å². The van der Waals surface area contributed by atoms with Crippen molar-refractivity contribution in [2.75, 3.05) is 13.1 Å². The number of piperidine rings is 1. The van der Waals surface area contributed by atoms with E-state index in [-0.39, 0.29) is 11.4 Å². The van der Waals surface area contributed by atoms with Gasteiger partial charge in [-0.1, -0.05) is 6.07 Å². The number of fused-ring (bicyclic) bond motifs is 1. The van der Waals surface area contributed by atoms with Gasteiger partial charge in [-0.15, -0.1) is 13.2 Å². The predicted octanol–water partition coefficient (Wildman–Crippen LogP) is 2.01. The molecule has 1 aromatic rings. The molecule has 1 spiro atoms. The Balaban J connectivity index is 1.86. The molecule has 0 saturated carbocycles. The molecule has 0 amide bonds. The number of rotatable bonds is 1. The van der Waals surface area contributed by atoms with Gasteiger partial charge in [-0.05, 0) is 25.0 Å². The van der Waals surface area contributed by atoms with E-state index in [0.29, 0.717) is 17.7 Å². The molecular formula is C14H17F3NO2+. The number of alkyl halides is 3. The first-order chi connectivity index (χ1) is 9.48. The lowest BCUT2D eigenvalue weighted by atomic mass is 9.83. The highest BCUT2D eigenvalue weighted by Crippen LogP contribution is 2.42. The van der Waals surface area contributed by atoms with Crippen LogP contribution in [-0.4, -0.2) is 25.1 Å². The molecule has 1 aromatic carbocycles. The van der Waals surface area contributed by atoms with Crippen LogP contribution in [0.4, 0.5) is 13.2 Å². The van der Waals surface area contributed by atoms with Crippen LogP contribution in [0.3, 0.4) is 0 Å². The third kappa shape index (κ3) is 2.70. The zero-order valence-corrected chi connectivity index (χ0v) is 11.0. The summed E-state index contributed by atoms with van der Waals surface area (Å²) in [6.45, 7) is 2.02. The van der Waals surface area contributed by atoms with E-state index in [2.05, 4.69) is 10.1 Å². The zero-order valence-electron chi connectivity index (χ0n) is 11.0. The molecule has 2 aliphatic rings. The van der Waals surface area contributed by atoms with Gasteiger partial charge >= 0.3 is 6.36 Å². The molecule has 2 heterocycles. The fraction of sp³-hybridized carbons (Fsp3) is 0.571. The number of halogens is 3. The summed E-state index contributed by atoms with van der Waals surface area (Å²) in [5.41, 5.74) is 0.337. The fourth-order valence-corrected chi connectivity index (χ4v) is 3.10. The van der Waals surface area contributed by atoms with Crippen molar-refractivity contribution in [3.05, 3.63) is 23.8 Å². The minimum absolute atomic E-state index is 0.132. The summed E-state index contributed by atoms with van der Waals surface area (Å²) < 4.78 is 47.3. The molecule has 20 heavy (non-hydrogen) atoms. The molecule has 2 aliphatic heterocycles. The summed E-state index contributed by atoms with van der Waals surface area (Å²) in [5, 5.41) is 2.24. The summed E-state index contributed by atoms with van der Waals surface area (Å²) in [4.78, 5) is 0. The molecule has 0 bridgehead atoms. The highest BCUT2D eigenvalue weighted by Gasteiger charge is 2.41. The smallest absolute Gasteiger partial charge is 0.486 e. The van der Waals surface area contributed by atoms with Crippen LogP contribution in [0.1, 0.15) is 24.8 Å². The Morgan fingerprint density at radius 1 is 1.15 bits per heavy atom. The van der Waals surface area contributed by atoms with Crippen molar-refractivity contribution in [2.24, 2.45) is 0 Å². The SMILES string of the molecule is FC(F)(F)Oc1cccc2c1CCC1(CC[NH2+]CC1)O2. The molecule has 1 saturated heterocycles. The summed E-state index contributed by atoms with van der Waals surface area (Å²) in [6.07, 6.45) is -1.45. The third-order valence-electron chi connectivity index (χ3n) is 4.08. The van der Waals surface area contributed by atoms with Gasteiger partial charge < -0.3 is 14.8 Å². The highest BCUT2D eigenvalue weighted by molar-refractivity contribution is 5.46. The Hall–Kier alpha value is -1.43. The van der Waals surface area contributed by atoms with Crippen molar-refractivity contribution >= 4 is 0 Å². The Kier molecular flexibility index (Phi) is 3.28. The number of quaternary nitrogens is 1. The average Bonchev–Trinajstić information content (AvgIpc) is 2.38. The lowest BCUT2D eigenvalue weighted by Crippen LogP contribution is -2.88. The van der Waals surface area contributed by atoms with E-state index < -0.39 is 6.36 Å². The largest absolute Gasteiger partial charge is 0.573 e. The predicted molar refractivity (Wildman–Crippen MR) is 65.7 cm³/mol. The highest BCUT2D eigenvalue weighted by atomic mass is 19.4. The Labute approximate surface area is 115 Å². The number of hydrogen-bond acceptors (Lipinski definition) is 2. The minimum atomic E-state index is -4.66. The van der Waals surface area contributed by atoms with Gasteiger partial charge in [-0.2, -0.15) is 0 Å². The van der Waals surface area contributed by atoms with Gasteiger partial charge in [-0.3, -0.25) is 0 Å². The van der Waals surface area contributed by atoms with E-state index in [1.807, 2.05) is 0 Å². The van der Waals surface area contributed by atoms with E-state index in [0.717, 1.165) is 32.4 Å². The Morgan fingerprint density at radius 3 is 2.60 bits per heavy atom. The normalized spacial score (nSPS) is 21.1. The summed E-state index contributed by atoms with van der Waals surface area (Å²) >= 11 is 0. The molecule has 0 radical (unpaired) electrons. The van der Waals surface area contributed by atoms with E-state index in [1.165, 1.54) is 6.07 Å². The molecule has 2 N–H and O–H groups in total. The van der Waals surface area contributed by atoms with Gasteiger partial charge in [0.2, 0.25) is 0 Å². The zero-order chi connectivity index (χ0) is 14.2. The first kappa shape index (κ1) is 13.5. The molecular weight excluding hydrogens is 271 g/mol. The lowest BCUT2D eigenvalue weighted by molar-refractivity contribution is -0.667. The van der Waals surface area contributed by atoms with Crippen LogP contribution in [0, 0.1) is 0 Å². The second-order valence-corrected chi connectivity index (χ2v) is 5.43. The number of nitrogens with two attached hydrogens (primary N) is 1. The van der Waals surface area contributed by atoms with Gasteiger partial charge in [0.25, 0.3) is 0 Å². The van der Waals surface area contributed by atoms with Gasteiger partial charge in [0.1, 0.15) is 17.1 Å². The molecule has 0 atom stereocenters. The number of ether oxygens (including phenoxy) is 2. The van der Waals surface area contributed by atoms with Crippen LogP contribution in [0.15, 0.2) is 18.2 Å². The van der Waals surface area contributed by atoms with E-state index in [9.17, 15) is 13.2 Å². The van der Waals surface area contributed by atoms with Gasteiger partial charge in [-0.25, -0.2) is 0 Å². The van der Waals surface area contributed by atoms with Crippen LogP contribution in [0.2, 0.25) is 0 Å². The van der Waals surface area contributed by atoms with Crippen molar-refractivity contribution in [2.45, 2.75) is 37.6 Å². The second-order valence-electron chi connectivity index (χ2n) is 5.43. The van der Waals surface area contributed by atoms with Gasteiger partial charge in [0.15, 0.2) is 0 Å². The number of benzene rings is 1. The van der Waals surface area contributed by atoms with Crippen LogP contribution >= 0.6 is 0 Å². The van der Waals surface area contributed by atoms with Gasteiger partial charge in [0, 0.05) is 18.4 Å². The number of hydrogen-bond donors (Lipinski definition) is 1. The molecule has 6 heteroatoms. The molecule has 3 nitrogen and oxygen atoms in total. The molecule has 1 fully saturated rings. The standard InChI is InChI=1S/C14H16F3NO2/c15-14(16,17)20-12-3-1-2-11-10(12)4-5-13(19-11)6-8-18-9-7-13/h1-3,18H,4-9H2/p+1. The third-order valence-corrected chi connectivity index (χ3v) is 4.08. The van der Waals surface area contributed by atoms with Crippen molar-refractivity contribution in [1.29, 1.82) is 0 Å².